The Bertz CT molecular complexity index is 760. The smallest absolute Gasteiger partial charge is 0.306 e. The van der Waals surface area contributed by atoms with Crippen LogP contribution in [-0.2, 0) is 24.8 Å². The number of nitrogens with zero attached hydrogens (tertiary/aromatic N) is 1. The molecule has 1 fully saturated rings. The largest absolute Gasteiger partial charge is 0.466 e. The van der Waals surface area contributed by atoms with Crippen LogP contribution < -0.4 is 10.6 Å². The number of hydrogen-bond acceptors (Lipinski definition) is 6. The second kappa shape index (κ2) is 8.50. The third-order valence-corrected chi connectivity index (χ3v) is 7.03. The fourth-order valence-corrected chi connectivity index (χ4v) is 5.19. The topological polar surface area (TPSA) is 89.7 Å². The molecule has 7 heteroatoms. The van der Waals surface area contributed by atoms with Crippen LogP contribution >= 0.6 is 0 Å². The number of sulfone groups is 1. The summed E-state index contributed by atoms with van der Waals surface area (Å²) < 4.78 is 28.5. The van der Waals surface area contributed by atoms with Gasteiger partial charge in [-0.3, -0.25) is 4.79 Å². The normalized spacial score (nSPS) is 17.5. The lowest BCUT2D eigenvalue weighted by molar-refractivity contribution is -0.144. The van der Waals surface area contributed by atoms with Gasteiger partial charge in [0.1, 0.15) is 9.84 Å². The fraction of sp³-hybridized carbons (Fsp3) is 0.650. The molecule has 1 saturated heterocycles. The van der Waals surface area contributed by atoms with E-state index in [-0.39, 0.29) is 35.4 Å². The first-order valence-electron chi connectivity index (χ1n) is 9.62. The van der Waals surface area contributed by atoms with E-state index in [1.165, 1.54) is 0 Å². The number of ether oxygens (including phenoxy) is 1. The van der Waals surface area contributed by atoms with Gasteiger partial charge in [0.15, 0.2) is 0 Å². The number of esters is 1. The van der Waals surface area contributed by atoms with Crippen molar-refractivity contribution in [1.29, 1.82) is 0 Å². The molecule has 1 heterocycles. The first-order chi connectivity index (χ1) is 12.6. The Hall–Kier alpha value is -1.76. The zero-order valence-corrected chi connectivity index (χ0v) is 17.6. The van der Waals surface area contributed by atoms with Crippen molar-refractivity contribution < 1.29 is 17.9 Å². The second-order valence-corrected chi connectivity index (χ2v) is 10.1. The van der Waals surface area contributed by atoms with Crippen LogP contribution in [0.4, 0.5) is 11.4 Å². The van der Waals surface area contributed by atoms with E-state index in [4.69, 9.17) is 10.5 Å². The van der Waals surface area contributed by atoms with Crippen molar-refractivity contribution in [3.05, 3.63) is 23.8 Å². The molecule has 6 nitrogen and oxygen atoms in total. The van der Waals surface area contributed by atoms with Crippen LogP contribution in [0, 0.1) is 0 Å². The first-order valence-corrected chi connectivity index (χ1v) is 11.4. The van der Waals surface area contributed by atoms with E-state index in [1.54, 1.807) is 6.92 Å². The van der Waals surface area contributed by atoms with Gasteiger partial charge in [-0.2, -0.15) is 0 Å². The molecule has 27 heavy (non-hydrogen) atoms. The van der Waals surface area contributed by atoms with Crippen LogP contribution in [0.15, 0.2) is 18.2 Å². The quantitative estimate of drug-likeness (QED) is 0.563. The standard InChI is InChI=1S/C20H32N2O4S/c1-5-22(16-9-11-27(24,25)12-10-16)18-8-7-15(13-17(18)21)20(3,4)14-19(23)26-6-2/h7-8,13,16H,5-6,9-12,14,21H2,1-4H3. The molecule has 1 aromatic rings. The number of benzene rings is 1. The van der Waals surface area contributed by atoms with Crippen molar-refractivity contribution in [3.8, 4) is 0 Å². The van der Waals surface area contributed by atoms with Gasteiger partial charge in [-0.1, -0.05) is 19.9 Å². The summed E-state index contributed by atoms with van der Waals surface area (Å²) in [6, 6.07) is 6.10. The molecule has 1 aliphatic heterocycles. The fourth-order valence-electron chi connectivity index (χ4n) is 3.73. The average molecular weight is 397 g/mol. The van der Waals surface area contributed by atoms with Crippen LogP contribution in [0.1, 0.15) is 52.5 Å². The van der Waals surface area contributed by atoms with Gasteiger partial charge in [-0.15, -0.1) is 0 Å². The Balaban J connectivity index is 2.20. The molecule has 1 aromatic carbocycles. The summed E-state index contributed by atoms with van der Waals surface area (Å²) >= 11 is 0. The van der Waals surface area contributed by atoms with Gasteiger partial charge >= 0.3 is 5.97 Å². The molecule has 1 aliphatic rings. The van der Waals surface area contributed by atoms with Crippen LogP contribution in [0.5, 0.6) is 0 Å². The number of anilines is 2. The minimum absolute atomic E-state index is 0.180. The second-order valence-electron chi connectivity index (χ2n) is 7.81. The molecule has 2 rings (SSSR count). The summed E-state index contributed by atoms with van der Waals surface area (Å²) in [6.07, 6.45) is 1.55. The van der Waals surface area contributed by atoms with Crippen LogP contribution in [0.3, 0.4) is 0 Å². The lowest BCUT2D eigenvalue weighted by atomic mass is 9.81. The number of rotatable bonds is 7. The van der Waals surface area contributed by atoms with Crippen molar-refractivity contribution >= 4 is 27.2 Å². The summed E-state index contributed by atoms with van der Waals surface area (Å²) in [4.78, 5) is 14.1. The number of carbonyl (C=O) groups excluding carboxylic acids is 1. The predicted octanol–water partition coefficient (Wildman–Crippen LogP) is 2.90. The minimum atomic E-state index is -2.89. The Kier molecular flexibility index (Phi) is 6.78. The number of hydrogen-bond donors (Lipinski definition) is 1. The van der Waals surface area contributed by atoms with Gasteiger partial charge in [-0.05, 0) is 44.4 Å². The molecule has 2 N–H and O–H groups in total. The van der Waals surface area contributed by atoms with Crippen molar-refractivity contribution in [2.24, 2.45) is 0 Å². The van der Waals surface area contributed by atoms with Crippen molar-refractivity contribution in [2.45, 2.75) is 58.4 Å². The molecule has 0 bridgehead atoms. The monoisotopic (exact) mass is 396 g/mol. The Morgan fingerprint density at radius 3 is 2.41 bits per heavy atom. The number of carbonyl (C=O) groups is 1. The van der Waals surface area contributed by atoms with Crippen molar-refractivity contribution in [3.63, 3.8) is 0 Å². The van der Waals surface area contributed by atoms with E-state index in [2.05, 4.69) is 11.8 Å². The number of nitrogens with two attached hydrogens (primary N) is 1. The molecular formula is C20H32N2O4S. The molecule has 0 aromatic heterocycles. The molecule has 0 saturated carbocycles. The maximum Gasteiger partial charge on any atom is 0.306 e. The van der Waals surface area contributed by atoms with E-state index >= 15 is 0 Å². The molecule has 0 radical (unpaired) electrons. The van der Waals surface area contributed by atoms with Gasteiger partial charge < -0.3 is 15.4 Å². The molecule has 0 unspecified atom stereocenters. The zero-order valence-electron chi connectivity index (χ0n) is 16.8. The first kappa shape index (κ1) is 21.5. The lowest BCUT2D eigenvalue weighted by Gasteiger charge is -2.36. The molecule has 0 aliphatic carbocycles. The molecule has 152 valence electrons. The van der Waals surface area contributed by atoms with Crippen LogP contribution in [-0.4, -0.2) is 45.1 Å². The highest BCUT2D eigenvalue weighted by molar-refractivity contribution is 7.91. The maximum atomic E-state index is 11.9. The molecule has 0 amide bonds. The zero-order chi connectivity index (χ0) is 20.2. The van der Waals surface area contributed by atoms with Crippen LogP contribution in [0.2, 0.25) is 0 Å². The van der Waals surface area contributed by atoms with E-state index in [9.17, 15) is 13.2 Å². The average Bonchev–Trinajstić information content (AvgIpc) is 2.57. The number of nitrogen functional groups attached to an aromatic ring is 1. The van der Waals surface area contributed by atoms with E-state index in [1.807, 2.05) is 32.0 Å². The third-order valence-electron chi connectivity index (χ3n) is 5.32. The highest BCUT2D eigenvalue weighted by Crippen LogP contribution is 2.35. The highest BCUT2D eigenvalue weighted by Gasteiger charge is 2.30. The van der Waals surface area contributed by atoms with Crippen LogP contribution in [0.25, 0.3) is 0 Å². The SMILES string of the molecule is CCOC(=O)CC(C)(C)c1ccc(N(CC)C2CCS(=O)(=O)CC2)c(N)c1. The Labute approximate surface area is 163 Å². The predicted molar refractivity (Wildman–Crippen MR) is 110 cm³/mol. The van der Waals surface area contributed by atoms with Gasteiger partial charge in [0.25, 0.3) is 0 Å². The molecule has 0 spiro atoms. The minimum Gasteiger partial charge on any atom is -0.466 e. The Morgan fingerprint density at radius 2 is 1.89 bits per heavy atom. The lowest BCUT2D eigenvalue weighted by Crippen LogP contribution is -2.41. The summed E-state index contributed by atoms with van der Waals surface area (Å²) in [7, 11) is -2.89. The Morgan fingerprint density at radius 1 is 1.26 bits per heavy atom. The van der Waals surface area contributed by atoms with Gasteiger partial charge in [-0.25, -0.2) is 8.42 Å². The maximum absolute atomic E-state index is 11.9. The summed E-state index contributed by atoms with van der Waals surface area (Å²) in [5, 5.41) is 0. The van der Waals surface area contributed by atoms with Gasteiger partial charge in [0.2, 0.25) is 0 Å². The van der Waals surface area contributed by atoms with Gasteiger partial charge in [0, 0.05) is 18.0 Å². The van der Waals surface area contributed by atoms with Crippen molar-refractivity contribution in [1.82, 2.24) is 0 Å². The van der Waals surface area contributed by atoms with E-state index in [0.717, 1.165) is 17.8 Å². The van der Waals surface area contributed by atoms with E-state index in [0.29, 0.717) is 25.1 Å². The molecular weight excluding hydrogens is 364 g/mol. The third kappa shape index (κ3) is 5.37. The summed E-state index contributed by atoms with van der Waals surface area (Å²) in [5.74, 6) is 0.251. The van der Waals surface area contributed by atoms with Crippen molar-refractivity contribution in [2.75, 3.05) is 35.3 Å². The van der Waals surface area contributed by atoms with Gasteiger partial charge in [0.05, 0.1) is 35.9 Å². The van der Waals surface area contributed by atoms with E-state index < -0.39 is 9.84 Å². The highest BCUT2D eigenvalue weighted by atomic mass is 32.2. The summed E-state index contributed by atoms with van der Waals surface area (Å²) in [5.41, 5.74) is 8.55. The molecule has 0 atom stereocenters. The summed E-state index contributed by atoms with van der Waals surface area (Å²) in [6.45, 7) is 9.00.